The van der Waals surface area contributed by atoms with E-state index in [1.165, 1.54) is 12.3 Å². The third-order valence-corrected chi connectivity index (χ3v) is 5.62. The number of anilines is 3. The molecule has 0 spiro atoms. The number of carbonyl (C=O) groups excluding carboxylic acids is 2. The van der Waals surface area contributed by atoms with Crippen molar-refractivity contribution in [2.24, 2.45) is 5.92 Å². The normalized spacial score (nSPS) is 16.5. The average molecular weight is 486 g/mol. The molecule has 0 radical (unpaired) electrons. The maximum Gasteiger partial charge on any atom is 0.405 e. The summed E-state index contributed by atoms with van der Waals surface area (Å²) in [7, 11) is 1.87. The summed E-state index contributed by atoms with van der Waals surface area (Å²) >= 11 is 0. The molecule has 8 nitrogen and oxygen atoms in total. The summed E-state index contributed by atoms with van der Waals surface area (Å²) in [4.78, 5) is 36.1. The molecule has 2 aliphatic rings. The van der Waals surface area contributed by atoms with Gasteiger partial charge in [0.05, 0.1) is 17.8 Å². The van der Waals surface area contributed by atoms with Crippen LogP contribution in [-0.4, -0.2) is 71.4 Å². The minimum atomic E-state index is -4.39. The van der Waals surface area contributed by atoms with Crippen molar-refractivity contribution < 1.29 is 22.8 Å². The monoisotopic (exact) mass is 486 g/mol. The van der Waals surface area contributed by atoms with E-state index in [0.29, 0.717) is 36.3 Å². The number of alkyl halides is 3. The van der Waals surface area contributed by atoms with E-state index < -0.39 is 12.7 Å². The van der Waals surface area contributed by atoms with Gasteiger partial charge in [0, 0.05) is 43.4 Å². The average Bonchev–Trinajstić information content (AvgIpc) is 3.64. The number of piperazine rings is 1. The van der Waals surface area contributed by atoms with E-state index in [1.807, 2.05) is 11.9 Å². The Hall–Kier alpha value is -3.65. The third-order valence-electron chi connectivity index (χ3n) is 5.62. The summed E-state index contributed by atoms with van der Waals surface area (Å²) < 4.78 is 38.3. The Bertz CT molecular complexity index is 1170. The molecule has 3 heterocycles. The van der Waals surface area contributed by atoms with Crippen molar-refractivity contribution in [3.05, 3.63) is 41.2 Å². The Kier molecular flexibility index (Phi) is 7.21. The molecular weight excluding hydrogens is 461 g/mol. The largest absolute Gasteiger partial charge is 0.405 e. The first-order valence-corrected chi connectivity index (χ1v) is 11.2. The van der Waals surface area contributed by atoms with Crippen LogP contribution in [0.25, 0.3) is 0 Å². The second-order valence-corrected chi connectivity index (χ2v) is 8.66. The lowest BCUT2D eigenvalue weighted by Gasteiger charge is -2.32. The van der Waals surface area contributed by atoms with Gasteiger partial charge < -0.3 is 15.5 Å². The highest BCUT2D eigenvalue weighted by molar-refractivity contribution is 5.80. The SMILES string of the molecule is CN1CCN(Cc2ccc(Nc3cc(NCC(F)(F)F)c(C#CC4CC4)cn3)nc2C=O)C(=O)C1. The zero-order valence-electron chi connectivity index (χ0n) is 19.2. The quantitative estimate of drug-likeness (QED) is 0.459. The molecule has 2 fully saturated rings. The van der Waals surface area contributed by atoms with E-state index in [4.69, 9.17) is 0 Å². The Balaban J connectivity index is 1.51. The van der Waals surface area contributed by atoms with E-state index in [2.05, 4.69) is 32.4 Å². The number of amides is 1. The summed E-state index contributed by atoms with van der Waals surface area (Å²) in [6.45, 7) is 0.683. The van der Waals surface area contributed by atoms with Crippen LogP contribution in [0.2, 0.25) is 0 Å². The molecular formula is C24H25F3N6O2. The lowest BCUT2D eigenvalue weighted by atomic mass is 10.1. The topological polar surface area (TPSA) is 90.5 Å². The molecule has 1 aliphatic carbocycles. The molecule has 184 valence electrons. The zero-order valence-corrected chi connectivity index (χ0v) is 19.2. The minimum absolute atomic E-state index is 0.0224. The molecule has 4 rings (SSSR count). The highest BCUT2D eigenvalue weighted by Crippen LogP contribution is 2.28. The highest BCUT2D eigenvalue weighted by atomic mass is 19.4. The van der Waals surface area contributed by atoms with Crippen molar-refractivity contribution in [3.63, 3.8) is 0 Å². The molecule has 0 aromatic carbocycles. The van der Waals surface area contributed by atoms with Crippen LogP contribution in [0.3, 0.4) is 0 Å². The van der Waals surface area contributed by atoms with Crippen LogP contribution in [0.5, 0.6) is 0 Å². The maximum absolute atomic E-state index is 12.8. The van der Waals surface area contributed by atoms with Crippen molar-refractivity contribution in [3.8, 4) is 11.8 Å². The zero-order chi connectivity index (χ0) is 25.0. The number of hydrogen-bond donors (Lipinski definition) is 2. The van der Waals surface area contributed by atoms with E-state index >= 15 is 0 Å². The number of nitrogens with one attached hydrogen (secondary N) is 2. The fraction of sp³-hybridized carbons (Fsp3) is 0.417. The number of rotatable bonds is 7. The minimum Gasteiger partial charge on any atom is -0.375 e. The van der Waals surface area contributed by atoms with Gasteiger partial charge in [-0.2, -0.15) is 13.2 Å². The lowest BCUT2D eigenvalue weighted by Crippen LogP contribution is -2.48. The first-order chi connectivity index (χ1) is 16.7. The van der Waals surface area contributed by atoms with Crippen molar-refractivity contribution in [1.82, 2.24) is 19.8 Å². The molecule has 1 amide bonds. The van der Waals surface area contributed by atoms with Gasteiger partial charge >= 0.3 is 6.18 Å². The summed E-state index contributed by atoms with van der Waals surface area (Å²) in [5.41, 5.74) is 1.35. The van der Waals surface area contributed by atoms with Gasteiger partial charge in [-0.15, -0.1) is 0 Å². The molecule has 2 aromatic heterocycles. The Morgan fingerprint density at radius 3 is 2.71 bits per heavy atom. The fourth-order valence-corrected chi connectivity index (χ4v) is 3.51. The molecule has 0 atom stereocenters. The van der Waals surface area contributed by atoms with Gasteiger partial charge in [0.1, 0.15) is 23.9 Å². The molecule has 35 heavy (non-hydrogen) atoms. The van der Waals surface area contributed by atoms with Crippen molar-refractivity contribution in [2.45, 2.75) is 25.6 Å². The van der Waals surface area contributed by atoms with Gasteiger partial charge in [0.15, 0.2) is 6.29 Å². The predicted octanol–water partition coefficient (Wildman–Crippen LogP) is 3.04. The second kappa shape index (κ2) is 10.3. The molecule has 0 unspecified atom stereocenters. The van der Waals surface area contributed by atoms with Gasteiger partial charge in [-0.1, -0.05) is 17.9 Å². The van der Waals surface area contributed by atoms with Crippen LogP contribution in [0.1, 0.15) is 34.5 Å². The van der Waals surface area contributed by atoms with Gasteiger partial charge in [-0.25, -0.2) is 9.97 Å². The van der Waals surface area contributed by atoms with Crippen molar-refractivity contribution in [1.29, 1.82) is 0 Å². The van der Waals surface area contributed by atoms with Crippen LogP contribution >= 0.6 is 0 Å². The van der Waals surface area contributed by atoms with Crippen LogP contribution in [0.15, 0.2) is 24.4 Å². The van der Waals surface area contributed by atoms with Gasteiger partial charge in [0.2, 0.25) is 5.91 Å². The number of aldehydes is 1. The summed E-state index contributed by atoms with van der Waals surface area (Å²) in [6.07, 6.45) is -0.380. The van der Waals surface area contributed by atoms with Crippen LogP contribution in [0.4, 0.5) is 30.5 Å². The third kappa shape index (κ3) is 6.93. The van der Waals surface area contributed by atoms with E-state index in [-0.39, 0.29) is 35.6 Å². The molecule has 2 aromatic rings. The number of nitrogens with zero attached hydrogens (tertiary/aromatic N) is 4. The Morgan fingerprint density at radius 1 is 1.23 bits per heavy atom. The first kappa shape index (κ1) is 24.5. The smallest absolute Gasteiger partial charge is 0.375 e. The molecule has 0 bridgehead atoms. The number of likely N-dealkylation sites (N-methyl/N-ethyl adjacent to an activating group) is 1. The summed E-state index contributed by atoms with van der Waals surface area (Å²) in [5, 5.41) is 5.31. The van der Waals surface area contributed by atoms with E-state index in [9.17, 15) is 22.8 Å². The molecule has 1 saturated carbocycles. The number of pyridine rings is 2. The van der Waals surface area contributed by atoms with Gasteiger partial charge in [-0.3, -0.25) is 14.5 Å². The van der Waals surface area contributed by atoms with Crippen LogP contribution < -0.4 is 10.6 Å². The van der Waals surface area contributed by atoms with Gasteiger partial charge in [-0.05, 0) is 26.0 Å². The number of hydrogen-bond acceptors (Lipinski definition) is 7. The first-order valence-electron chi connectivity index (χ1n) is 11.2. The lowest BCUT2D eigenvalue weighted by molar-refractivity contribution is -0.136. The Morgan fingerprint density at radius 2 is 2.03 bits per heavy atom. The fourth-order valence-electron chi connectivity index (χ4n) is 3.51. The van der Waals surface area contributed by atoms with Crippen LogP contribution in [0, 0.1) is 17.8 Å². The van der Waals surface area contributed by atoms with E-state index in [0.717, 1.165) is 19.4 Å². The molecule has 1 aliphatic heterocycles. The summed E-state index contributed by atoms with van der Waals surface area (Å²) in [6, 6.07) is 4.76. The van der Waals surface area contributed by atoms with Gasteiger partial charge in [0.25, 0.3) is 0 Å². The predicted molar refractivity (Wildman–Crippen MR) is 124 cm³/mol. The number of aromatic nitrogens is 2. The Labute approximate surface area is 200 Å². The van der Waals surface area contributed by atoms with E-state index in [1.54, 1.807) is 17.0 Å². The van der Waals surface area contributed by atoms with Crippen molar-refractivity contribution >= 4 is 29.5 Å². The number of halogens is 3. The molecule has 2 N–H and O–H groups in total. The molecule has 11 heteroatoms. The number of carbonyl (C=O) groups is 2. The van der Waals surface area contributed by atoms with Crippen LogP contribution in [-0.2, 0) is 11.3 Å². The molecule has 1 saturated heterocycles. The maximum atomic E-state index is 12.8. The summed E-state index contributed by atoms with van der Waals surface area (Å²) in [5.74, 6) is 6.74. The second-order valence-electron chi connectivity index (χ2n) is 8.66. The standard InChI is InChI=1S/C24H25F3N6O2/c1-32-8-9-33(23(35)13-32)12-18-6-7-21(30-20(18)14-34)31-22-10-19(29-15-24(25,26)27)17(11-28-22)5-4-16-2-3-16/h6-7,10-11,14,16H,2-3,8-9,12-13,15H2,1H3,(H2,28,29,30,31). The van der Waals surface area contributed by atoms with Crippen molar-refractivity contribution in [2.75, 3.05) is 43.9 Å². The highest BCUT2D eigenvalue weighted by Gasteiger charge is 2.27.